The van der Waals surface area contributed by atoms with Gasteiger partial charge in [0.25, 0.3) is 0 Å². The number of carbonyl (C=O) groups excluding carboxylic acids is 5. The summed E-state index contributed by atoms with van der Waals surface area (Å²) in [6.07, 6.45) is 1.61. The summed E-state index contributed by atoms with van der Waals surface area (Å²) in [5, 5.41) is 23.6. The number of aromatic nitrogens is 1. The number of nitrogens with one attached hydrogen (secondary N) is 6. The predicted octanol–water partition coefficient (Wildman–Crippen LogP) is 0.0637. The van der Waals surface area contributed by atoms with Crippen molar-refractivity contribution >= 4 is 46.4 Å². The second kappa shape index (κ2) is 16.0. The molecule has 3 rings (SSSR count). The van der Waals surface area contributed by atoms with Gasteiger partial charge in [-0.05, 0) is 49.3 Å². The van der Waals surface area contributed by atoms with Gasteiger partial charge in [-0.15, -0.1) is 0 Å². The summed E-state index contributed by atoms with van der Waals surface area (Å²) in [7, 11) is 0. The molecule has 0 unspecified atom stereocenters. The van der Waals surface area contributed by atoms with E-state index in [0.717, 1.165) is 10.9 Å². The minimum Gasteiger partial charge on any atom is -0.481 e. The van der Waals surface area contributed by atoms with Crippen molar-refractivity contribution in [3.8, 4) is 0 Å². The number of nitrogens with two attached hydrogens (primary N) is 1. The molecule has 1 aromatic heterocycles. The molecule has 1 aromatic carbocycles. The Balaban J connectivity index is 2.08. The number of carboxylic acids is 1. The molecule has 2 aromatic rings. The quantitative estimate of drug-likeness (QED) is 0.179. The van der Waals surface area contributed by atoms with Gasteiger partial charge in [-0.3, -0.25) is 28.8 Å². The Kier molecular flexibility index (Phi) is 12.5. The number of amides is 5. The molecule has 14 heteroatoms. The van der Waals surface area contributed by atoms with Crippen molar-refractivity contribution in [1.29, 1.82) is 0 Å². The standard InChI is InChI=1S/C31H45N7O7/c1-16(2)12-22-28(42)35-23(13-18-15-33-20-9-6-5-8-19(18)20)29(43)36-24(14-25(39)40)30(44)34-21(10-7-11-32)27(41)38-26(17(3)4)31(45)37-22/h5-6,8-9,15-17,21-24,26,33H,7,10-14,32H2,1-4H3,(H,34,44)(H,35,42)(H,36,43)(H,37,45)(H,38,41)(H,39,40)/t21-,22-,23+,24+,26+/m0/s1. The van der Waals surface area contributed by atoms with Crippen molar-refractivity contribution in [3.63, 3.8) is 0 Å². The van der Waals surface area contributed by atoms with Gasteiger partial charge >= 0.3 is 5.97 Å². The van der Waals surface area contributed by atoms with E-state index in [1.54, 1.807) is 20.0 Å². The number of rotatable bonds is 10. The molecule has 9 N–H and O–H groups in total. The first-order valence-electron chi connectivity index (χ1n) is 15.3. The lowest BCUT2D eigenvalue weighted by atomic mass is 9.98. The maximum absolute atomic E-state index is 13.8. The number of carboxylic acid groups (broad SMARTS) is 1. The Morgan fingerprint density at radius 1 is 0.800 bits per heavy atom. The molecule has 5 amide bonds. The van der Waals surface area contributed by atoms with Gasteiger partial charge in [-0.25, -0.2) is 0 Å². The van der Waals surface area contributed by atoms with E-state index in [1.165, 1.54) is 0 Å². The van der Waals surface area contributed by atoms with Crippen LogP contribution in [0, 0.1) is 11.8 Å². The first-order valence-corrected chi connectivity index (χ1v) is 15.3. The van der Waals surface area contributed by atoms with Crippen LogP contribution >= 0.6 is 0 Å². The van der Waals surface area contributed by atoms with E-state index in [-0.39, 0.29) is 31.7 Å². The summed E-state index contributed by atoms with van der Waals surface area (Å²) < 4.78 is 0. The fourth-order valence-electron chi connectivity index (χ4n) is 5.27. The van der Waals surface area contributed by atoms with Crippen molar-refractivity contribution in [1.82, 2.24) is 31.6 Å². The summed E-state index contributed by atoms with van der Waals surface area (Å²) >= 11 is 0. The van der Waals surface area contributed by atoms with Crippen molar-refractivity contribution in [2.75, 3.05) is 6.54 Å². The van der Waals surface area contributed by atoms with Gasteiger partial charge in [0.1, 0.15) is 30.2 Å². The normalized spacial score (nSPS) is 23.9. The van der Waals surface area contributed by atoms with E-state index >= 15 is 0 Å². The highest BCUT2D eigenvalue weighted by atomic mass is 16.4. The van der Waals surface area contributed by atoms with Crippen molar-refractivity contribution in [2.45, 2.75) is 90.0 Å². The minimum absolute atomic E-state index is 0.000865. The van der Waals surface area contributed by atoms with Crippen molar-refractivity contribution in [2.24, 2.45) is 17.6 Å². The van der Waals surface area contributed by atoms with E-state index in [1.807, 2.05) is 38.1 Å². The third kappa shape index (κ3) is 9.76. The monoisotopic (exact) mass is 627 g/mol. The highest BCUT2D eigenvalue weighted by Crippen LogP contribution is 2.20. The van der Waals surface area contributed by atoms with Gasteiger partial charge < -0.3 is 42.4 Å². The van der Waals surface area contributed by atoms with E-state index in [0.29, 0.717) is 12.0 Å². The number of para-hydroxylation sites is 1. The average Bonchev–Trinajstić information content (AvgIpc) is 3.38. The SMILES string of the molecule is CC(C)C[C@@H]1NC(=O)[C@@H](C(C)C)NC(=O)[C@H](CCCN)NC(=O)[C@@H](CC(=O)O)NC(=O)[C@@H](Cc2c[nH]c3ccccc23)NC1=O. The maximum Gasteiger partial charge on any atom is 0.305 e. The highest BCUT2D eigenvalue weighted by molar-refractivity contribution is 5.99. The van der Waals surface area contributed by atoms with Crippen LogP contribution in [0.1, 0.15) is 58.9 Å². The van der Waals surface area contributed by atoms with Gasteiger partial charge in [-0.1, -0.05) is 45.9 Å². The van der Waals surface area contributed by atoms with Crippen LogP contribution in [-0.2, 0) is 35.2 Å². The van der Waals surface area contributed by atoms with Crippen molar-refractivity contribution in [3.05, 3.63) is 36.0 Å². The molecule has 0 saturated carbocycles. The zero-order valence-corrected chi connectivity index (χ0v) is 26.1. The Hall–Kier alpha value is -4.46. The number of hydrogen-bond donors (Lipinski definition) is 8. The fourth-order valence-corrected chi connectivity index (χ4v) is 5.27. The molecule has 0 bridgehead atoms. The summed E-state index contributed by atoms with van der Waals surface area (Å²) in [4.78, 5) is 82.7. The lowest BCUT2D eigenvalue weighted by Gasteiger charge is -2.28. The molecular weight excluding hydrogens is 582 g/mol. The third-order valence-electron chi connectivity index (χ3n) is 7.66. The summed E-state index contributed by atoms with van der Waals surface area (Å²) in [6.45, 7) is 7.42. The second-order valence-electron chi connectivity index (χ2n) is 12.2. The number of fused-ring (bicyclic) bond motifs is 1. The lowest BCUT2D eigenvalue weighted by molar-refractivity contribution is -0.141. The number of carbonyl (C=O) groups is 6. The number of aliphatic carboxylic acids is 1. The smallest absolute Gasteiger partial charge is 0.305 e. The molecule has 246 valence electrons. The number of benzene rings is 1. The Labute approximate surface area is 262 Å². The first kappa shape index (κ1) is 35.0. The maximum atomic E-state index is 13.8. The van der Waals surface area contributed by atoms with Crippen molar-refractivity contribution < 1.29 is 33.9 Å². The zero-order chi connectivity index (χ0) is 33.3. The van der Waals surface area contributed by atoms with Crippen LogP contribution in [0.2, 0.25) is 0 Å². The van der Waals surface area contributed by atoms with Crippen LogP contribution in [0.15, 0.2) is 30.5 Å². The van der Waals surface area contributed by atoms with Gasteiger partial charge in [0.05, 0.1) is 6.42 Å². The van der Waals surface area contributed by atoms with Crippen LogP contribution < -0.4 is 32.3 Å². The molecule has 1 aliphatic heterocycles. The molecule has 1 fully saturated rings. The Bertz CT molecular complexity index is 1390. The van der Waals surface area contributed by atoms with Crippen LogP contribution in [0.3, 0.4) is 0 Å². The molecule has 5 atom stereocenters. The van der Waals surface area contributed by atoms with Gasteiger partial charge in [0.15, 0.2) is 0 Å². The van der Waals surface area contributed by atoms with Gasteiger partial charge in [0.2, 0.25) is 29.5 Å². The summed E-state index contributed by atoms with van der Waals surface area (Å²) in [5.41, 5.74) is 7.16. The number of H-pyrrole nitrogens is 1. The predicted molar refractivity (Wildman–Crippen MR) is 166 cm³/mol. The molecule has 14 nitrogen and oxygen atoms in total. The number of hydrogen-bond acceptors (Lipinski definition) is 7. The average molecular weight is 628 g/mol. The van der Waals surface area contributed by atoms with E-state index < -0.39 is 78.1 Å². The molecular formula is C31H45N7O7. The molecule has 45 heavy (non-hydrogen) atoms. The summed E-state index contributed by atoms with van der Waals surface area (Å²) in [6, 6.07) is 1.30. The Morgan fingerprint density at radius 2 is 1.38 bits per heavy atom. The molecule has 0 aliphatic carbocycles. The third-order valence-corrected chi connectivity index (χ3v) is 7.66. The molecule has 0 spiro atoms. The van der Waals surface area contributed by atoms with Gasteiger partial charge in [-0.2, -0.15) is 0 Å². The Morgan fingerprint density at radius 3 is 2.02 bits per heavy atom. The highest BCUT2D eigenvalue weighted by Gasteiger charge is 2.36. The van der Waals surface area contributed by atoms with Crippen LogP contribution in [0.4, 0.5) is 0 Å². The van der Waals surface area contributed by atoms with Crippen LogP contribution in [0.25, 0.3) is 10.9 Å². The largest absolute Gasteiger partial charge is 0.481 e. The molecule has 1 saturated heterocycles. The second-order valence-corrected chi connectivity index (χ2v) is 12.2. The topological polar surface area (TPSA) is 225 Å². The molecule has 0 radical (unpaired) electrons. The fraction of sp³-hybridized carbons (Fsp3) is 0.548. The molecule has 2 heterocycles. The lowest BCUT2D eigenvalue weighted by Crippen LogP contribution is -2.59. The zero-order valence-electron chi connectivity index (χ0n) is 26.1. The number of aromatic amines is 1. The summed E-state index contributed by atoms with van der Waals surface area (Å²) in [5.74, 6) is -5.40. The minimum atomic E-state index is -1.57. The van der Waals surface area contributed by atoms with Crippen LogP contribution in [0.5, 0.6) is 0 Å². The first-order chi connectivity index (χ1) is 21.3. The van der Waals surface area contributed by atoms with E-state index in [9.17, 15) is 33.9 Å². The van der Waals surface area contributed by atoms with E-state index in [4.69, 9.17) is 5.73 Å². The van der Waals surface area contributed by atoms with Crippen LogP contribution in [-0.4, -0.2) is 82.3 Å². The van der Waals surface area contributed by atoms with E-state index in [2.05, 4.69) is 31.6 Å². The van der Waals surface area contributed by atoms with Gasteiger partial charge in [0, 0.05) is 23.5 Å². The molecule has 1 aliphatic rings.